The summed E-state index contributed by atoms with van der Waals surface area (Å²) in [6.45, 7) is 0. The van der Waals surface area contributed by atoms with Crippen LogP contribution in [0.5, 0.6) is 5.75 Å². The Kier molecular flexibility index (Phi) is 3.56. The van der Waals surface area contributed by atoms with Crippen LogP contribution in [0.3, 0.4) is 0 Å². The maximum Gasteiger partial charge on any atom is 0.280 e. The van der Waals surface area contributed by atoms with Crippen molar-refractivity contribution in [2.45, 2.75) is 0 Å². The van der Waals surface area contributed by atoms with Gasteiger partial charge in [0.15, 0.2) is 6.29 Å². The van der Waals surface area contributed by atoms with Gasteiger partial charge in [-0.25, -0.2) is 0 Å². The van der Waals surface area contributed by atoms with Crippen molar-refractivity contribution in [2.75, 3.05) is 7.11 Å². The lowest BCUT2D eigenvalue weighted by molar-refractivity contribution is -0.385. The third-order valence-electron chi connectivity index (χ3n) is 2.78. The van der Waals surface area contributed by atoms with Crippen LogP contribution in [0, 0.1) is 10.1 Å². The number of aldehydes is 1. The minimum Gasteiger partial charge on any atom is -0.497 e. The van der Waals surface area contributed by atoms with Crippen LogP contribution >= 0.6 is 0 Å². The maximum atomic E-state index is 11.1. The molecule has 0 saturated carbocycles. The molecule has 0 unspecified atom stereocenters. The van der Waals surface area contributed by atoms with Crippen LogP contribution in [0.15, 0.2) is 42.5 Å². The van der Waals surface area contributed by atoms with Crippen LogP contribution in [0.1, 0.15) is 10.4 Å². The Morgan fingerprint density at radius 2 is 1.95 bits per heavy atom. The fourth-order valence-corrected chi connectivity index (χ4v) is 1.88. The molecule has 0 aromatic heterocycles. The van der Waals surface area contributed by atoms with Crippen molar-refractivity contribution < 1.29 is 14.5 Å². The molecule has 5 heteroatoms. The van der Waals surface area contributed by atoms with Crippen LogP contribution in [-0.2, 0) is 0 Å². The second kappa shape index (κ2) is 5.30. The van der Waals surface area contributed by atoms with Gasteiger partial charge in [0, 0.05) is 6.07 Å². The van der Waals surface area contributed by atoms with E-state index in [2.05, 4.69) is 0 Å². The molecule has 0 N–H and O–H groups in total. The zero-order valence-electron chi connectivity index (χ0n) is 10.2. The quantitative estimate of drug-likeness (QED) is 0.479. The van der Waals surface area contributed by atoms with Crippen molar-refractivity contribution in [3.63, 3.8) is 0 Å². The zero-order valence-corrected chi connectivity index (χ0v) is 10.2. The normalized spacial score (nSPS) is 9.95. The Bertz CT molecular complexity index is 637. The maximum absolute atomic E-state index is 11.1. The highest BCUT2D eigenvalue weighted by Crippen LogP contribution is 2.30. The second-order valence-electron chi connectivity index (χ2n) is 3.85. The van der Waals surface area contributed by atoms with Gasteiger partial charge in [0.25, 0.3) is 5.69 Å². The molecule has 0 spiro atoms. The summed E-state index contributed by atoms with van der Waals surface area (Å²) in [5, 5.41) is 10.9. The van der Waals surface area contributed by atoms with E-state index in [0.717, 1.165) is 0 Å². The molecule has 0 aliphatic heterocycles. The van der Waals surface area contributed by atoms with E-state index in [1.165, 1.54) is 13.2 Å². The van der Waals surface area contributed by atoms with Crippen LogP contribution in [0.2, 0.25) is 0 Å². The average Bonchev–Trinajstić information content (AvgIpc) is 2.46. The Balaban J connectivity index is 2.64. The largest absolute Gasteiger partial charge is 0.497 e. The van der Waals surface area contributed by atoms with Gasteiger partial charge in [0.2, 0.25) is 0 Å². The lowest BCUT2D eigenvalue weighted by Gasteiger charge is -2.07. The molecule has 0 heterocycles. The molecule has 2 aromatic rings. The van der Waals surface area contributed by atoms with E-state index in [4.69, 9.17) is 4.74 Å². The summed E-state index contributed by atoms with van der Waals surface area (Å²) in [5.74, 6) is 0.626. The molecule has 0 aliphatic carbocycles. The highest BCUT2D eigenvalue weighted by atomic mass is 16.6. The van der Waals surface area contributed by atoms with Crippen molar-refractivity contribution in [1.82, 2.24) is 0 Å². The van der Waals surface area contributed by atoms with Gasteiger partial charge in [-0.15, -0.1) is 0 Å². The predicted molar refractivity (Wildman–Crippen MR) is 70.5 cm³/mol. The van der Waals surface area contributed by atoms with E-state index in [1.54, 1.807) is 36.4 Å². The number of carbonyl (C=O) groups excluding carboxylic acids is 1. The molecule has 5 nitrogen and oxygen atoms in total. The van der Waals surface area contributed by atoms with Gasteiger partial charge >= 0.3 is 0 Å². The molecule has 0 saturated heterocycles. The molecule has 0 radical (unpaired) electrons. The van der Waals surface area contributed by atoms with E-state index >= 15 is 0 Å². The summed E-state index contributed by atoms with van der Waals surface area (Å²) < 4.78 is 5.11. The van der Waals surface area contributed by atoms with Crippen molar-refractivity contribution in [1.29, 1.82) is 0 Å². The van der Waals surface area contributed by atoms with Crippen LogP contribution in [0.25, 0.3) is 11.1 Å². The van der Waals surface area contributed by atoms with Gasteiger partial charge in [-0.1, -0.05) is 24.3 Å². The first kappa shape index (κ1) is 12.8. The monoisotopic (exact) mass is 257 g/mol. The number of methoxy groups -OCH3 is 1. The molecule has 2 rings (SSSR count). The number of rotatable bonds is 4. The predicted octanol–water partition coefficient (Wildman–Crippen LogP) is 3.08. The highest BCUT2D eigenvalue weighted by Gasteiger charge is 2.17. The third-order valence-corrected chi connectivity index (χ3v) is 2.78. The fourth-order valence-electron chi connectivity index (χ4n) is 1.88. The van der Waals surface area contributed by atoms with Crippen LogP contribution in [0.4, 0.5) is 5.69 Å². The highest BCUT2D eigenvalue weighted by molar-refractivity contribution is 5.92. The minimum absolute atomic E-state index is 0.0701. The molecule has 19 heavy (non-hydrogen) atoms. The third kappa shape index (κ3) is 2.44. The van der Waals surface area contributed by atoms with E-state index in [9.17, 15) is 14.9 Å². The first-order valence-electron chi connectivity index (χ1n) is 5.54. The van der Waals surface area contributed by atoms with E-state index < -0.39 is 4.92 Å². The number of hydrogen-bond donors (Lipinski definition) is 0. The first-order chi connectivity index (χ1) is 9.17. The standard InChI is InChI=1S/C14H11NO4/c1-19-11-5-2-4-10(8-11)12-6-3-7-14(15(17)18)13(12)9-16/h2-9H,1H3. The van der Waals surface area contributed by atoms with Gasteiger partial charge < -0.3 is 4.74 Å². The summed E-state index contributed by atoms with van der Waals surface area (Å²) in [5.41, 5.74) is 1.09. The number of nitro benzene ring substituents is 1. The number of carbonyl (C=O) groups is 1. The SMILES string of the molecule is COc1cccc(-c2cccc([N+](=O)[O-])c2C=O)c1. The number of nitrogens with zero attached hydrogens (tertiary/aromatic N) is 1. The van der Waals surface area contributed by atoms with E-state index in [0.29, 0.717) is 23.2 Å². The number of nitro groups is 1. The van der Waals surface area contributed by atoms with Crippen LogP contribution < -0.4 is 4.74 Å². The topological polar surface area (TPSA) is 69.4 Å². The van der Waals surface area contributed by atoms with Crippen molar-refractivity contribution in [3.8, 4) is 16.9 Å². The molecule has 0 bridgehead atoms. The lowest BCUT2D eigenvalue weighted by atomic mass is 9.99. The minimum atomic E-state index is -0.562. The molecule has 96 valence electrons. The molecule has 0 fully saturated rings. The molecular formula is C14H11NO4. The molecule has 0 atom stereocenters. The summed E-state index contributed by atoms with van der Waals surface area (Å²) in [4.78, 5) is 21.5. The summed E-state index contributed by atoms with van der Waals surface area (Å²) in [7, 11) is 1.53. The van der Waals surface area contributed by atoms with Gasteiger partial charge in [-0.05, 0) is 23.3 Å². The second-order valence-corrected chi connectivity index (χ2v) is 3.85. The average molecular weight is 257 g/mol. The smallest absolute Gasteiger partial charge is 0.280 e. The number of ether oxygens (including phenoxy) is 1. The van der Waals surface area contributed by atoms with Crippen molar-refractivity contribution in [2.24, 2.45) is 0 Å². The Hall–Kier alpha value is -2.69. The molecule has 0 amide bonds. The van der Waals surface area contributed by atoms with E-state index in [1.807, 2.05) is 0 Å². The summed E-state index contributed by atoms with van der Waals surface area (Å²) >= 11 is 0. The van der Waals surface area contributed by atoms with Gasteiger partial charge in [-0.2, -0.15) is 0 Å². The van der Waals surface area contributed by atoms with Crippen molar-refractivity contribution >= 4 is 12.0 Å². The van der Waals surface area contributed by atoms with Gasteiger partial charge in [0.05, 0.1) is 17.6 Å². The van der Waals surface area contributed by atoms with Gasteiger partial charge in [-0.3, -0.25) is 14.9 Å². The Morgan fingerprint density at radius 1 is 1.21 bits per heavy atom. The van der Waals surface area contributed by atoms with Crippen molar-refractivity contribution in [3.05, 3.63) is 58.1 Å². The molecular weight excluding hydrogens is 246 g/mol. The van der Waals surface area contributed by atoms with Gasteiger partial charge in [0.1, 0.15) is 5.75 Å². The Labute approximate surface area is 109 Å². The zero-order chi connectivity index (χ0) is 13.8. The Morgan fingerprint density at radius 3 is 2.58 bits per heavy atom. The molecule has 0 aliphatic rings. The summed E-state index contributed by atoms with van der Waals surface area (Å²) in [6, 6.07) is 11.6. The number of hydrogen-bond acceptors (Lipinski definition) is 4. The molecule has 2 aromatic carbocycles. The number of benzene rings is 2. The first-order valence-corrected chi connectivity index (χ1v) is 5.54. The fraction of sp³-hybridized carbons (Fsp3) is 0.0714. The lowest BCUT2D eigenvalue weighted by Crippen LogP contribution is -1.97. The van der Waals surface area contributed by atoms with Crippen LogP contribution in [-0.4, -0.2) is 18.3 Å². The van der Waals surface area contributed by atoms with E-state index in [-0.39, 0.29) is 11.3 Å². The summed E-state index contributed by atoms with van der Waals surface area (Å²) in [6.07, 6.45) is 0.507.